The molecule has 0 unspecified atom stereocenters. The molecule has 2 atom stereocenters. The smallest absolute Gasteiger partial charge is 0.320 e. The number of nitrogens with zero attached hydrogens (tertiary/aromatic N) is 2. The highest BCUT2D eigenvalue weighted by molar-refractivity contribution is 7.07. The Morgan fingerprint density at radius 2 is 2.19 bits per heavy atom. The van der Waals surface area contributed by atoms with Crippen LogP contribution in [-0.2, 0) is 11.3 Å². The van der Waals surface area contributed by atoms with Gasteiger partial charge in [-0.3, -0.25) is 4.79 Å². The van der Waals surface area contributed by atoms with Crippen LogP contribution in [0.4, 0.5) is 4.79 Å². The summed E-state index contributed by atoms with van der Waals surface area (Å²) in [5, 5.41) is 13.3. The van der Waals surface area contributed by atoms with Crippen LogP contribution < -0.4 is 0 Å². The van der Waals surface area contributed by atoms with Gasteiger partial charge < -0.3 is 14.9 Å². The Kier molecular flexibility index (Phi) is 3.89. The number of hydrogen-bond acceptors (Lipinski definition) is 3. The van der Waals surface area contributed by atoms with Gasteiger partial charge in [-0.15, -0.1) is 0 Å². The molecule has 2 aliphatic rings. The van der Waals surface area contributed by atoms with Gasteiger partial charge in [0.1, 0.15) is 0 Å². The SMILES string of the molecule is C[C@@H]1CN(C(=O)N(Cc2ccsc2)C2CC2)C[C@H]1C(=O)O. The summed E-state index contributed by atoms with van der Waals surface area (Å²) in [6.45, 7) is 3.42. The van der Waals surface area contributed by atoms with Crippen LogP contribution in [-0.4, -0.2) is 46.0 Å². The van der Waals surface area contributed by atoms with Gasteiger partial charge in [0, 0.05) is 25.7 Å². The monoisotopic (exact) mass is 308 g/mol. The summed E-state index contributed by atoms with van der Waals surface area (Å²) >= 11 is 1.63. The molecule has 3 rings (SSSR count). The van der Waals surface area contributed by atoms with E-state index in [-0.39, 0.29) is 11.9 Å². The number of thiophene rings is 1. The molecule has 0 radical (unpaired) electrons. The Morgan fingerprint density at radius 1 is 1.43 bits per heavy atom. The Balaban J connectivity index is 1.69. The van der Waals surface area contributed by atoms with E-state index in [1.54, 1.807) is 16.2 Å². The normalized spacial score (nSPS) is 25.1. The van der Waals surface area contributed by atoms with E-state index in [4.69, 9.17) is 0 Å². The zero-order valence-corrected chi connectivity index (χ0v) is 12.9. The van der Waals surface area contributed by atoms with E-state index in [0.29, 0.717) is 25.7 Å². The van der Waals surface area contributed by atoms with Crippen molar-refractivity contribution in [3.8, 4) is 0 Å². The van der Waals surface area contributed by atoms with Crippen molar-refractivity contribution < 1.29 is 14.7 Å². The Morgan fingerprint density at radius 3 is 2.71 bits per heavy atom. The number of hydrogen-bond donors (Lipinski definition) is 1. The van der Waals surface area contributed by atoms with Crippen molar-refractivity contribution in [2.75, 3.05) is 13.1 Å². The van der Waals surface area contributed by atoms with Crippen molar-refractivity contribution >= 4 is 23.3 Å². The number of likely N-dealkylation sites (tertiary alicyclic amines) is 1. The van der Waals surface area contributed by atoms with Crippen molar-refractivity contribution in [1.29, 1.82) is 0 Å². The summed E-state index contributed by atoms with van der Waals surface area (Å²) in [7, 11) is 0. The van der Waals surface area contributed by atoms with E-state index in [1.165, 1.54) is 0 Å². The van der Waals surface area contributed by atoms with Gasteiger partial charge in [0.25, 0.3) is 0 Å². The minimum absolute atomic E-state index is 0.000648. The molecule has 6 heteroatoms. The number of rotatable bonds is 4. The number of carboxylic acid groups (broad SMARTS) is 1. The molecule has 0 bridgehead atoms. The van der Waals surface area contributed by atoms with Gasteiger partial charge in [-0.2, -0.15) is 11.3 Å². The minimum atomic E-state index is -0.798. The van der Waals surface area contributed by atoms with Crippen LogP contribution in [0, 0.1) is 11.8 Å². The van der Waals surface area contributed by atoms with Gasteiger partial charge in [0.2, 0.25) is 0 Å². The van der Waals surface area contributed by atoms with E-state index in [0.717, 1.165) is 18.4 Å². The lowest BCUT2D eigenvalue weighted by atomic mass is 9.99. The first-order valence-corrected chi connectivity index (χ1v) is 8.30. The Labute approximate surface area is 128 Å². The molecule has 1 N–H and O–H groups in total. The number of aliphatic carboxylic acids is 1. The van der Waals surface area contributed by atoms with Crippen LogP contribution in [0.3, 0.4) is 0 Å². The molecule has 1 aliphatic heterocycles. The molecule has 5 nitrogen and oxygen atoms in total. The van der Waals surface area contributed by atoms with E-state index >= 15 is 0 Å². The average Bonchev–Trinajstić information content (AvgIpc) is 3.00. The summed E-state index contributed by atoms with van der Waals surface area (Å²) in [6.07, 6.45) is 2.11. The quantitative estimate of drug-likeness (QED) is 0.929. The molecule has 114 valence electrons. The van der Waals surface area contributed by atoms with Gasteiger partial charge in [0.15, 0.2) is 0 Å². The maximum absolute atomic E-state index is 12.7. The zero-order valence-electron chi connectivity index (χ0n) is 12.1. The van der Waals surface area contributed by atoms with Crippen LogP contribution >= 0.6 is 11.3 Å². The molecular weight excluding hydrogens is 288 g/mol. The summed E-state index contributed by atoms with van der Waals surface area (Å²) in [5.41, 5.74) is 1.15. The number of carbonyl (C=O) groups is 2. The second-order valence-electron chi connectivity index (χ2n) is 6.10. The zero-order chi connectivity index (χ0) is 15.0. The molecule has 2 heterocycles. The predicted octanol–water partition coefficient (Wildman–Crippen LogP) is 2.49. The van der Waals surface area contributed by atoms with Gasteiger partial charge >= 0.3 is 12.0 Å². The second-order valence-corrected chi connectivity index (χ2v) is 6.88. The average molecular weight is 308 g/mol. The van der Waals surface area contributed by atoms with Crippen molar-refractivity contribution in [3.63, 3.8) is 0 Å². The molecule has 21 heavy (non-hydrogen) atoms. The third kappa shape index (κ3) is 3.05. The third-order valence-electron chi connectivity index (χ3n) is 4.37. The molecule has 0 spiro atoms. The molecule has 0 aromatic carbocycles. The third-order valence-corrected chi connectivity index (χ3v) is 5.10. The van der Waals surface area contributed by atoms with Crippen LogP contribution in [0.1, 0.15) is 25.3 Å². The fourth-order valence-corrected chi connectivity index (χ4v) is 3.60. The van der Waals surface area contributed by atoms with Gasteiger partial charge in [-0.05, 0) is 41.1 Å². The fourth-order valence-electron chi connectivity index (χ4n) is 2.94. The number of amides is 2. The molecule has 2 fully saturated rings. The highest BCUT2D eigenvalue weighted by Crippen LogP contribution is 2.32. The number of carbonyl (C=O) groups excluding carboxylic acids is 1. The lowest BCUT2D eigenvalue weighted by Gasteiger charge is -2.28. The summed E-state index contributed by atoms with van der Waals surface area (Å²) < 4.78 is 0. The van der Waals surface area contributed by atoms with E-state index < -0.39 is 11.9 Å². The number of urea groups is 1. The Bertz CT molecular complexity index is 527. The summed E-state index contributed by atoms with van der Waals surface area (Å²) in [5.74, 6) is -1.21. The number of carboxylic acids is 1. The van der Waals surface area contributed by atoms with Crippen molar-refractivity contribution in [3.05, 3.63) is 22.4 Å². The molecule has 1 aliphatic carbocycles. The van der Waals surface area contributed by atoms with Gasteiger partial charge in [0.05, 0.1) is 5.92 Å². The van der Waals surface area contributed by atoms with Crippen molar-refractivity contribution in [1.82, 2.24) is 9.80 Å². The molecular formula is C15H20N2O3S. The summed E-state index contributed by atoms with van der Waals surface area (Å²) in [4.78, 5) is 27.6. The standard InChI is InChI=1S/C15H20N2O3S/c1-10-6-16(8-13(10)14(18)19)15(20)17(12-2-3-12)7-11-4-5-21-9-11/h4-5,9-10,12-13H,2-3,6-8H2,1H3,(H,18,19)/t10-,13-/m1/s1. The highest BCUT2D eigenvalue weighted by Gasteiger charge is 2.41. The fraction of sp³-hybridized carbons (Fsp3) is 0.600. The minimum Gasteiger partial charge on any atom is -0.481 e. The molecule has 1 saturated heterocycles. The molecule has 1 aromatic rings. The highest BCUT2D eigenvalue weighted by atomic mass is 32.1. The van der Waals surface area contributed by atoms with E-state index in [9.17, 15) is 14.7 Å². The van der Waals surface area contributed by atoms with Crippen molar-refractivity contribution in [2.24, 2.45) is 11.8 Å². The van der Waals surface area contributed by atoms with Gasteiger partial charge in [-0.1, -0.05) is 6.92 Å². The Hall–Kier alpha value is -1.56. The molecule has 1 aromatic heterocycles. The lowest BCUT2D eigenvalue weighted by molar-refractivity contribution is -0.142. The van der Waals surface area contributed by atoms with Crippen molar-refractivity contribution in [2.45, 2.75) is 32.4 Å². The van der Waals surface area contributed by atoms with Crippen LogP contribution in [0.25, 0.3) is 0 Å². The lowest BCUT2D eigenvalue weighted by Crippen LogP contribution is -2.43. The predicted molar refractivity (Wildman–Crippen MR) is 80.1 cm³/mol. The van der Waals surface area contributed by atoms with Crippen LogP contribution in [0.15, 0.2) is 16.8 Å². The second kappa shape index (κ2) is 5.67. The first-order chi connectivity index (χ1) is 10.1. The topological polar surface area (TPSA) is 60.9 Å². The maximum atomic E-state index is 12.7. The van der Waals surface area contributed by atoms with E-state index in [1.807, 2.05) is 23.3 Å². The van der Waals surface area contributed by atoms with E-state index in [2.05, 4.69) is 5.38 Å². The van der Waals surface area contributed by atoms with Crippen LogP contribution in [0.5, 0.6) is 0 Å². The largest absolute Gasteiger partial charge is 0.481 e. The van der Waals surface area contributed by atoms with Gasteiger partial charge in [-0.25, -0.2) is 4.79 Å². The first-order valence-electron chi connectivity index (χ1n) is 7.35. The van der Waals surface area contributed by atoms with Crippen LogP contribution in [0.2, 0.25) is 0 Å². The first kappa shape index (κ1) is 14.4. The maximum Gasteiger partial charge on any atom is 0.320 e. The summed E-state index contributed by atoms with van der Waals surface area (Å²) in [6, 6.07) is 2.37. The molecule has 2 amide bonds. The molecule has 1 saturated carbocycles.